The third kappa shape index (κ3) is 15.3. The highest BCUT2D eigenvalue weighted by molar-refractivity contribution is 6.76. The van der Waals surface area contributed by atoms with Crippen molar-refractivity contribution in [2.75, 3.05) is 39.3 Å². The summed E-state index contributed by atoms with van der Waals surface area (Å²) in [5.74, 6) is 0.197. The van der Waals surface area contributed by atoms with Crippen molar-refractivity contribution in [3.05, 3.63) is 274 Å². The number of ether oxygens (including phenoxy) is 5. The van der Waals surface area contributed by atoms with E-state index in [0.717, 1.165) is 50.4 Å². The monoisotopic (exact) mass is 1310 g/mol. The van der Waals surface area contributed by atoms with E-state index in [9.17, 15) is 28.0 Å². The predicted molar refractivity (Wildman–Crippen MR) is 368 cm³/mol. The van der Waals surface area contributed by atoms with Crippen molar-refractivity contribution in [3.63, 3.8) is 0 Å². The molecule has 96 heavy (non-hydrogen) atoms. The van der Waals surface area contributed by atoms with Gasteiger partial charge in [0.15, 0.2) is 11.5 Å². The van der Waals surface area contributed by atoms with E-state index in [2.05, 4.69) is 19.6 Å². The van der Waals surface area contributed by atoms with Crippen molar-refractivity contribution in [1.29, 1.82) is 0 Å². The first kappa shape index (κ1) is 65.7. The molecular formula is C78H76F2N6O9Si. The molecule has 0 bridgehead atoms. The average molecular weight is 1310 g/mol. The molecule has 5 heterocycles. The van der Waals surface area contributed by atoms with Gasteiger partial charge in [-0.3, -0.25) is 29.3 Å². The zero-order valence-corrected chi connectivity index (χ0v) is 55.7. The Morgan fingerprint density at radius 2 is 0.927 bits per heavy atom. The Morgan fingerprint density at radius 1 is 0.521 bits per heavy atom. The van der Waals surface area contributed by atoms with Crippen molar-refractivity contribution < 1.29 is 51.6 Å². The lowest BCUT2D eigenvalue weighted by Gasteiger charge is -2.34. The molecule has 1 fully saturated rings. The summed E-state index contributed by atoms with van der Waals surface area (Å²) in [6.45, 7) is 15.8. The summed E-state index contributed by atoms with van der Waals surface area (Å²) in [6.07, 6.45) is 1.72. The summed E-state index contributed by atoms with van der Waals surface area (Å²) in [7, 11) is -1.37. The van der Waals surface area contributed by atoms with Crippen molar-refractivity contribution in [2.45, 2.75) is 90.4 Å². The maximum Gasteiger partial charge on any atom is 0.415 e. The van der Waals surface area contributed by atoms with E-state index < -0.39 is 32.0 Å². The Kier molecular flexibility index (Phi) is 19.7. The van der Waals surface area contributed by atoms with E-state index >= 15 is 0 Å². The topological polar surface area (TPSA) is 153 Å². The Hall–Kier alpha value is -10.3. The predicted octanol–water partition coefficient (Wildman–Crippen LogP) is 15.6. The molecule has 18 heteroatoms. The van der Waals surface area contributed by atoms with Crippen LogP contribution >= 0.6 is 0 Å². The molecule has 0 radical (unpaired) electrons. The van der Waals surface area contributed by atoms with Gasteiger partial charge in [0.2, 0.25) is 0 Å². The lowest BCUT2D eigenvalue weighted by molar-refractivity contribution is -0.156. The van der Waals surface area contributed by atoms with Crippen LogP contribution in [0.5, 0.6) is 23.0 Å². The van der Waals surface area contributed by atoms with Crippen LogP contribution in [0.15, 0.2) is 207 Å². The van der Waals surface area contributed by atoms with Crippen LogP contribution < -0.4 is 18.9 Å². The van der Waals surface area contributed by atoms with E-state index in [1.807, 2.05) is 165 Å². The van der Waals surface area contributed by atoms with Gasteiger partial charge in [-0.05, 0) is 109 Å². The normalized spacial score (nSPS) is 14.0. The number of esters is 1. The fraction of sp³-hybridized carbons (Fsp3) is 0.256. The van der Waals surface area contributed by atoms with Gasteiger partial charge in [0.1, 0.15) is 52.0 Å². The zero-order valence-electron chi connectivity index (χ0n) is 54.7. The molecule has 0 N–H and O–H groups in total. The first-order valence-electron chi connectivity index (χ1n) is 32.3. The largest absolute Gasteiger partial charge is 0.493 e. The van der Waals surface area contributed by atoms with E-state index in [1.54, 1.807) is 57.4 Å². The third-order valence-electron chi connectivity index (χ3n) is 17.0. The highest BCUT2D eigenvalue weighted by Gasteiger charge is 2.41. The van der Waals surface area contributed by atoms with E-state index in [4.69, 9.17) is 33.7 Å². The van der Waals surface area contributed by atoms with Gasteiger partial charge in [-0.2, -0.15) is 0 Å². The van der Waals surface area contributed by atoms with Crippen LogP contribution in [-0.2, 0) is 35.7 Å². The number of hydrogen-bond donors (Lipinski definition) is 0. The number of halogens is 2. The number of aromatic nitrogens is 2. The van der Waals surface area contributed by atoms with Crippen LogP contribution in [-0.4, -0.2) is 106 Å². The Bertz CT molecular complexity index is 4340. The third-order valence-corrected chi connectivity index (χ3v) is 18.7. The second kappa shape index (κ2) is 28.7. The lowest BCUT2D eigenvalue weighted by Crippen LogP contribution is -2.51. The minimum atomic E-state index is -1.37. The lowest BCUT2D eigenvalue weighted by atomic mass is 9.99. The van der Waals surface area contributed by atoms with Crippen LogP contribution in [0.2, 0.25) is 25.7 Å². The molecule has 2 aromatic heterocycles. The molecule has 10 aromatic rings. The van der Waals surface area contributed by atoms with Gasteiger partial charge in [0, 0.05) is 81.6 Å². The van der Waals surface area contributed by atoms with E-state index in [1.165, 1.54) is 24.3 Å². The molecule has 0 unspecified atom stereocenters. The van der Waals surface area contributed by atoms with Gasteiger partial charge in [-0.15, -0.1) is 0 Å². The molecule has 3 amide bonds. The van der Waals surface area contributed by atoms with Crippen molar-refractivity contribution in [3.8, 4) is 23.0 Å². The molecule has 490 valence electrons. The number of rotatable bonds is 19. The van der Waals surface area contributed by atoms with E-state index in [0.29, 0.717) is 84.9 Å². The second-order valence-electron chi connectivity index (χ2n) is 26.4. The summed E-state index contributed by atoms with van der Waals surface area (Å²) < 4.78 is 59.5. The molecule has 0 spiro atoms. The standard InChI is InChI=1S/C42H41FN4O6.C36H35FN2O3Si/c1-42(2,3)53-34(48)27-45-21-23-46(24-22-45)41(50)52-38-32-15-10-20-44-36(32)39(51-37(29-11-6-4-7-12-29)30-13-8-5-9-14-30)35-33(38)26-47(40(35)49)25-28-16-18-31(43)19-17-28;1-43(2,3)22-21-41-34-29-15-10-20-38-32(29)35(42-33(26-11-6-4-7-12-26)27-13-8-5-9-14-27)31-30(34)24-39(36(31)40)23-25-16-18-28(37)19-17-25/h4-20,37H,21-27H2,1-3H3;4-20,33H,21-24H2,1-3H3. The van der Waals surface area contributed by atoms with Gasteiger partial charge < -0.3 is 38.4 Å². The molecule has 0 atom stereocenters. The van der Waals surface area contributed by atoms with Crippen LogP contribution in [0, 0.1) is 11.6 Å². The SMILES string of the molecule is CC(C)(C)OC(=O)CN1CCN(C(=O)Oc2c3c(c(OC(c4ccccc4)c4ccccc4)c4ncccc24)C(=O)N(Cc2ccc(F)cc2)C3)CC1.C[Si](C)(C)CCOc1c2c(c(OC(c3ccccc3)c3ccccc3)c3ncccc13)C(=O)N(Cc1ccc(F)cc1)C2. The number of benzene rings is 8. The fourth-order valence-electron chi connectivity index (χ4n) is 12.2. The highest BCUT2D eigenvalue weighted by atomic mass is 28.3. The van der Waals surface area contributed by atoms with Crippen LogP contribution in [0.25, 0.3) is 21.8 Å². The highest BCUT2D eigenvalue weighted by Crippen LogP contribution is 2.49. The molecule has 3 aliphatic heterocycles. The molecule has 1 saturated heterocycles. The quantitative estimate of drug-likeness (QED) is 0.0559. The van der Waals surface area contributed by atoms with Crippen molar-refractivity contribution >= 4 is 53.8 Å². The van der Waals surface area contributed by atoms with Crippen LogP contribution in [0.4, 0.5) is 13.6 Å². The Balaban J connectivity index is 0.000000187. The van der Waals surface area contributed by atoms with Gasteiger partial charge in [-0.25, -0.2) is 13.6 Å². The van der Waals surface area contributed by atoms with Gasteiger partial charge >= 0.3 is 12.1 Å². The number of carbonyl (C=O) groups excluding carboxylic acids is 4. The smallest absolute Gasteiger partial charge is 0.415 e. The molecule has 13 rings (SSSR count). The van der Waals surface area contributed by atoms with Crippen LogP contribution in [0.1, 0.15) is 98.2 Å². The molecule has 0 saturated carbocycles. The number of carbonyl (C=O) groups is 4. The second-order valence-corrected chi connectivity index (χ2v) is 32.0. The minimum Gasteiger partial charge on any atom is -0.493 e. The Labute approximate surface area is 558 Å². The van der Waals surface area contributed by atoms with E-state index in [-0.39, 0.29) is 66.1 Å². The maximum atomic E-state index is 14.5. The molecule has 8 aromatic carbocycles. The number of fused-ring (bicyclic) bond motifs is 4. The number of pyridine rings is 2. The van der Waals surface area contributed by atoms with Crippen molar-refractivity contribution in [1.82, 2.24) is 29.6 Å². The maximum absolute atomic E-state index is 14.5. The number of piperazine rings is 1. The Morgan fingerprint density at radius 3 is 1.33 bits per heavy atom. The summed E-state index contributed by atoms with van der Waals surface area (Å²) in [4.78, 5) is 71.4. The summed E-state index contributed by atoms with van der Waals surface area (Å²) in [6, 6.07) is 60.2. The van der Waals surface area contributed by atoms with Gasteiger partial charge in [-0.1, -0.05) is 165 Å². The van der Waals surface area contributed by atoms with Gasteiger partial charge in [0.05, 0.1) is 37.4 Å². The van der Waals surface area contributed by atoms with Crippen LogP contribution in [0.3, 0.4) is 0 Å². The number of hydrogen-bond acceptors (Lipinski definition) is 12. The first-order valence-corrected chi connectivity index (χ1v) is 36.0. The number of nitrogens with zero attached hydrogens (tertiary/aromatic N) is 6. The zero-order chi connectivity index (χ0) is 67.1. The molecular weight excluding hydrogens is 1230 g/mol. The van der Waals surface area contributed by atoms with Crippen molar-refractivity contribution in [2.24, 2.45) is 0 Å². The average Bonchev–Trinajstić information content (AvgIpc) is 1.53. The summed E-state index contributed by atoms with van der Waals surface area (Å²) >= 11 is 0. The summed E-state index contributed by atoms with van der Waals surface area (Å²) in [5, 5.41) is 1.34. The summed E-state index contributed by atoms with van der Waals surface area (Å²) in [5.41, 5.74) is 7.73. The number of amides is 3. The fourth-order valence-corrected chi connectivity index (χ4v) is 13.0. The molecule has 0 aliphatic carbocycles. The minimum absolute atomic E-state index is 0.125. The van der Waals surface area contributed by atoms with Gasteiger partial charge in [0.25, 0.3) is 11.8 Å². The first-order chi connectivity index (χ1) is 46.3. The molecule has 15 nitrogen and oxygen atoms in total. The molecule has 3 aliphatic rings.